The number of hydrogen-bond donors (Lipinski definition) is 2. The molecule has 15 heavy (non-hydrogen) atoms. The van der Waals surface area contributed by atoms with Crippen molar-refractivity contribution < 1.29 is 14.3 Å². The van der Waals surface area contributed by atoms with Gasteiger partial charge in [0.1, 0.15) is 6.26 Å². The van der Waals surface area contributed by atoms with E-state index in [1.807, 2.05) is 0 Å². The van der Waals surface area contributed by atoms with E-state index < -0.39 is 5.97 Å². The van der Waals surface area contributed by atoms with Gasteiger partial charge in [0.15, 0.2) is 5.69 Å². The second-order valence-corrected chi connectivity index (χ2v) is 2.97. The summed E-state index contributed by atoms with van der Waals surface area (Å²) in [6, 6.07) is 6.82. The number of nitrogen functional groups attached to an aromatic ring is 1. The summed E-state index contributed by atoms with van der Waals surface area (Å²) in [6.45, 7) is 0. The van der Waals surface area contributed by atoms with Gasteiger partial charge in [-0.1, -0.05) is 0 Å². The first kappa shape index (κ1) is 9.26. The lowest BCUT2D eigenvalue weighted by molar-refractivity contribution is 0.0690. The van der Waals surface area contributed by atoms with E-state index >= 15 is 0 Å². The minimum Gasteiger partial charge on any atom is -0.476 e. The second kappa shape index (κ2) is 3.45. The van der Waals surface area contributed by atoms with Crippen LogP contribution in [0.4, 0.5) is 5.69 Å². The molecule has 0 saturated heterocycles. The average Bonchev–Trinajstić information content (AvgIpc) is 2.68. The molecule has 0 unspecified atom stereocenters. The predicted octanol–water partition coefficient (Wildman–Crippen LogP) is 1.62. The number of hydrogen-bond acceptors (Lipinski definition) is 4. The third-order valence-corrected chi connectivity index (χ3v) is 1.88. The predicted molar refractivity (Wildman–Crippen MR) is 53.3 cm³/mol. The highest BCUT2D eigenvalue weighted by Crippen LogP contribution is 2.19. The van der Waals surface area contributed by atoms with Crippen LogP contribution in [0.25, 0.3) is 11.5 Å². The molecule has 0 aliphatic carbocycles. The van der Waals surface area contributed by atoms with Crippen molar-refractivity contribution in [3.63, 3.8) is 0 Å². The van der Waals surface area contributed by atoms with Crippen LogP contribution in [0.5, 0.6) is 0 Å². The average molecular weight is 204 g/mol. The van der Waals surface area contributed by atoms with Crippen molar-refractivity contribution in [3.8, 4) is 11.5 Å². The Balaban J connectivity index is 2.37. The summed E-state index contributed by atoms with van der Waals surface area (Å²) in [7, 11) is 0. The fourth-order valence-electron chi connectivity index (χ4n) is 1.13. The van der Waals surface area contributed by atoms with Crippen LogP contribution in [0.15, 0.2) is 34.9 Å². The van der Waals surface area contributed by atoms with Crippen molar-refractivity contribution in [1.82, 2.24) is 4.98 Å². The highest BCUT2D eigenvalue weighted by molar-refractivity contribution is 5.85. The Hall–Kier alpha value is -2.30. The minimum atomic E-state index is -1.11. The van der Waals surface area contributed by atoms with Crippen LogP contribution in [-0.4, -0.2) is 16.1 Å². The number of aromatic nitrogens is 1. The lowest BCUT2D eigenvalue weighted by Gasteiger charge is -1.95. The topological polar surface area (TPSA) is 89.3 Å². The van der Waals surface area contributed by atoms with Gasteiger partial charge in [-0.05, 0) is 24.3 Å². The number of carboxylic acid groups (broad SMARTS) is 1. The normalized spacial score (nSPS) is 10.1. The lowest BCUT2D eigenvalue weighted by atomic mass is 10.2. The molecule has 0 fully saturated rings. The minimum absolute atomic E-state index is 0.109. The van der Waals surface area contributed by atoms with E-state index in [1.165, 1.54) is 0 Å². The Morgan fingerprint density at radius 3 is 2.53 bits per heavy atom. The molecule has 0 amide bonds. The highest BCUT2D eigenvalue weighted by Gasteiger charge is 2.11. The van der Waals surface area contributed by atoms with Gasteiger partial charge in [-0.15, -0.1) is 0 Å². The Morgan fingerprint density at radius 2 is 2.00 bits per heavy atom. The van der Waals surface area contributed by atoms with Gasteiger partial charge in [0.2, 0.25) is 5.89 Å². The van der Waals surface area contributed by atoms with E-state index in [4.69, 9.17) is 15.3 Å². The number of nitrogens with zero attached hydrogens (tertiary/aromatic N) is 1. The Bertz CT molecular complexity index is 488. The van der Waals surface area contributed by atoms with Gasteiger partial charge >= 0.3 is 5.97 Å². The number of carboxylic acids is 1. The van der Waals surface area contributed by atoms with Crippen LogP contribution in [0, 0.1) is 0 Å². The summed E-state index contributed by atoms with van der Waals surface area (Å²) in [5, 5.41) is 8.65. The van der Waals surface area contributed by atoms with Crippen molar-refractivity contribution >= 4 is 11.7 Å². The van der Waals surface area contributed by atoms with Gasteiger partial charge in [-0.25, -0.2) is 9.78 Å². The van der Waals surface area contributed by atoms with E-state index in [0.717, 1.165) is 6.26 Å². The Morgan fingerprint density at radius 1 is 1.33 bits per heavy atom. The van der Waals surface area contributed by atoms with Gasteiger partial charge in [0, 0.05) is 11.3 Å². The van der Waals surface area contributed by atoms with Crippen molar-refractivity contribution in [1.29, 1.82) is 0 Å². The van der Waals surface area contributed by atoms with Gasteiger partial charge in [-0.3, -0.25) is 0 Å². The SMILES string of the molecule is Nc1ccc(-c2nc(C(=O)O)co2)cc1. The number of oxazole rings is 1. The summed E-state index contributed by atoms with van der Waals surface area (Å²) in [5.41, 5.74) is 6.72. The number of nitrogens with two attached hydrogens (primary N) is 1. The van der Waals surface area contributed by atoms with Gasteiger partial charge in [0.05, 0.1) is 0 Å². The van der Waals surface area contributed by atoms with E-state index in [1.54, 1.807) is 24.3 Å². The lowest BCUT2D eigenvalue weighted by Crippen LogP contribution is -1.95. The zero-order chi connectivity index (χ0) is 10.8. The molecule has 2 rings (SSSR count). The zero-order valence-electron chi connectivity index (χ0n) is 7.68. The smallest absolute Gasteiger partial charge is 0.357 e. The maximum absolute atomic E-state index is 10.6. The number of rotatable bonds is 2. The quantitative estimate of drug-likeness (QED) is 0.725. The van der Waals surface area contributed by atoms with Crippen LogP contribution >= 0.6 is 0 Å². The molecule has 76 valence electrons. The first-order chi connectivity index (χ1) is 7.16. The fourth-order valence-corrected chi connectivity index (χ4v) is 1.13. The molecule has 1 heterocycles. The molecule has 0 spiro atoms. The molecule has 2 aromatic rings. The third-order valence-electron chi connectivity index (χ3n) is 1.88. The van der Waals surface area contributed by atoms with Crippen molar-refractivity contribution in [2.75, 3.05) is 5.73 Å². The highest BCUT2D eigenvalue weighted by atomic mass is 16.4. The Labute approximate surface area is 85.2 Å². The van der Waals surface area contributed by atoms with Gasteiger partial charge in [-0.2, -0.15) is 0 Å². The molecule has 0 aliphatic heterocycles. The van der Waals surface area contributed by atoms with Gasteiger partial charge < -0.3 is 15.3 Å². The summed E-state index contributed by atoms with van der Waals surface area (Å²) < 4.78 is 5.02. The second-order valence-electron chi connectivity index (χ2n) is 2.97. The maximum Gasteiger partial charge on any atom is 0.357 e. The number of carbonyl (C=O) groups is 1. The third kappa shape index (κ3) is 1.80. The molecule has 5 heteroatoms. The standard InChI is InChI=1S/C10H8N2O3/c11-7-3-1-6(2-4-7)9-12-8(5-15-9)10(13)14/h1-5H,11H2,(H,13,14). The summed E-state index contributed by atoms with van der Waals surface area (Å²) in [4.78, 5) is 14.4. The van der Waals surface area contributed by atoms with E-state index in [0.29, 0.717) is 11.3 Å². The van der Waals surface area contributed by atoms with Crippen LogP contribution in [0.3, 0.4) is 0 Å². The molecular weight excluding hydrogens is 196 g/mol. The monoisotopic (exact) mass is 204 g/mol. The first-order valence-electron chi connectivity index (χ1n) is 4.21. The Kier molecular flexibility index (Phi) is 2.13. The molecule has 1 aromatic heterocycles. The molecule has 0 atom stereocenters. The number of anilines is 1. The molecular formula is C10H8N2O3. The molecule has 0 bridgehead atoms. The molecule has 3 N–H and O–H groups in total. The van der Waals surface area contributed by atoms with Crippen LogP contribution < -0.4 is 5.73 Å². The number of benzene rings is 1. The van der Waals surface area contributed by atoms with Crippen LogP contribution in [0.2, 0.25) is 0 Å². The van der Waals surface area contributed by atoms with Crippen LogP contribution in [0.1, 0.15) is 10.5 Å². The van der Waals surface area contributed by atoms with Crippen LogP contribution in [-0.2, 0) is 0 Å². The van der Waals surface area contributed by atoms with Crippen molar-refractivity contribution in [2.45, 2.75) is 0 Å². The molecule has 0 radical (unpaired) electrons. The largest absolute Gasteiger partial charge is 0.476 e. The molecule has 5 nitrogen and oxygen atoms in total. The molecule has 0 saturated carbocycles. The maximum atomic E-state index is 10.6. The van der Waals surface area contributed by atoms with Crippen molar-refractivity contribution in [3.05, 3.63) is 36.2 Å². The van der Waals surface area contributed by atoms with Gasteiger partial charge in [0.25, 0.3) is 0 Å². The summed E-state index contributed by atoms with van der Waals surface area (Å²) >= 11 is 0. The summed E-state index contributed by atoms with van der Waals surface area (Å²) in [5.74, 6) is -0.840. The number of aromatic carboxylic acids is 1. The molecule has 1 aromatic carbocycles. The molecule has 0 aliphatic rings. The van der Waals surface area contributed by atoms with E-state index in [-0.39, 0.29) is 11.6 Å². The van der Waals surface area contributed by atoms with Crippen molar-refractivity contribution in [2.24, 2.45) is 0 Å². The first-order valence-corrected chi connectivity index (χ1v) is 4.21. The summed E-state index contributed by atoms with van der Waals surface area (Å²) in [6.07, 6.45) is 1.11. The van der Waals surface area contributed by atoms with E-state index in [2.05, 4.69) is 4.98 Å². The zero-order valence-corrected chi connectivity index (χ0v) is 7.68. The fraction of sp³-hybridized carbons (Fsp3) is 0. The van der Waals surface area contributed by atoms with E-state index in [9.17, 15) is 4.79 Å².